The van der Waals surface area contributed by atoms with E-state index < -0.39 is 0 Å². The molecular weight excluding hydrogens is 338 g/mol. The van der Waals surface area contributed by atoms with Crippen molar-refractivity contribution in [2.75, 3.05) is 12.1 Å². The highest BCUT2D eigenvalue weighted by atomic mass is 32.2. The molecule has 0 saturated carbocycles. The van der Waals surface area contributed by atoms with Crippen LogP contribution in [0.25, 0.3) is 11.0 Å². The van der Waals surface area contributed by atoms with Gasteiger partial charge in [-0.25, -0.2) is 4.98 Å². The minimum atomic E-state index is -0.291. The van der Waals surface area contributed by atoms with Gasteiger partial charge in [-0.15, -0.1) is 0 Å². The summed E-state index contributed by atoms with van der Waals surface area (Å²) in [5.41, 5.74) is 2.66. The van der Waals surface area contributed by atoms with Crippen molar-refractivity contribution in [1.29, 1.82) is 0 Å². The van der Waals surface area contributed by atoms with E-state index in [2.05, 4.69) is 10.3 Å². The van der Waals surface area contributed by atoms with E-state index in [1.54, 1.807) is 18.2 Å². The fourth-order valence-corrected chi connectivity index (χ4v) is 3.55. The minimum absolute atomic E-state index is 0.0871. The zero-order valence-corrected chi connectivity index (χ0v) is 14.7. The van der Waals surface area contributed by atoms with Gasteiger partial charge in [-0.2, -0.15) is 0 Å². The molecule has 0 bridgehead atoms. The van der Waals surface area contributed by atoms with E-state index in [0.717, 1.165) is 16.2 Å². The predicted molar refractivity (Wildman–Crippen MR) is 97.2 cm³/mol. The maximum absolute atomic E-state index is 12.5. The summed E-state index contributed by atoms with van der Waals surface area (Å²) >= 11 is 1.43. The Balaban J connectivity index is 1.47. The molecule has 7 heteroatoms. The molecule has 1 unspecified atom stereocenters. The maximum atomic E-state index is 12.5. The van der Waals surface area contributed by atoms with Crippen LogP contribution in [0.4, 0.5) is 5.69 Å². The first kappa shape index (κ1) is 15.8. The van der Waals surface area contributed by atoms with Gasteiger partial charge in [0.25, 0.3) is 0 Å². The molecule has 0 radical (unpaired) electrons. The third-order valence-corrected chi connectivity index (χ3v) is 5.18. The number of anilines is 1. The molecule has 2 aromatic carbocycles. The SMILES string of the molecule is CC(Sc1nc2ccccc2n1C)C(=O)Nc1ccc2c(c1)OCO2. The Morgan fingerprint density at radius 2 is 2.04 bits per heavy atom. The summed E-state index contributed by atoms with van der Waals surface area (Å²) in [4.78, 5) is 17.1. The molecule has 0 spiro atoms. The van der Waals surface area contributed by atoms with Crippen molar-refractivity contribution in [3.8, 4) is 11.5 Å². The number of fused-ring (bicyclic) bond motifs is 2. The van der Waals surface area contributed by atoms with Gasteiger partial charge in [0.15, 0.2) is 16.7 Å². The van der Waals surface area contributed by atoms with Gasteiger partial charge in [0.1, 0.15) is 0 Å². The Morgan fingerprint density at radius 3 is 2.88 bits per heavy atom. The van der Waals surface area contributed by atoms with E-state index in [-0.39, 0.29) is 18.0 Å². The van der Waals surface area contributed by atoms with Gasteiger partial charge in [0.2, 0.25) is 12.7 Å². The zero-order chi connectivity index (χ0) is 17.4. The molecule has 1 atom stereocenters. The van der Waals surface area contributed by atoms with Crippen molar-refractivity contribution in [2.45, 2.75) is 17.3 Å². The Kier molecular flexibility index (Phi) is 4.01. The van der Waals surface area contributed by atoms with Crippen LogP contribution in [0.1, 0.15) is 6.92 Å². The number of rotatable bonds is 4. The van der Waals surface area contributed by atoms with Crippen molar-refractivity contribution in [1.82, 2.24) is 9.55 Å². The number of benzene rings is 2. The van der Waals surface area contributed by atoms with Gasteiger partial charge in [-0.1, -0.05) is 23.9 Å². The smallest absolute Gasteiger partial charge is 0.237 e. The van der Waals surface area contributed by atoms with E-state index in [0.29, 0.717) is 17.2 Å². The highest BCUT2D eigenvalue weighted by Gasteiger charge is 2.20. The number of amides is 1. The van der Waals surface area contributed by atoms with Gasteiger partial charge in [-0.3, -0.25) is 4.79 Å². The molecule has 1 amide bonds. The van der Waals surface area contributed by atoms with Crippen LogP contribution in [0.3, 0.4) is 0 Å². The summed E-state index contributed by atoms with van der Waals surface area (Å²) in [6.07, 6.45) is 0. The predicted octanol–water partition coefficient (Wildman–Crippen LogP) is 3.42. The summed E-state index contributed by atoms with van der Waals surface area (Å²) < 4.78 is 12.6. The highest BCUT2D eigenvalue weighted by molar-refractivity contribution is 8.00. The van der Waals surface area contributed by atoms with Crippen molar-refractivity contribution in [3.05, 3.63) is 42.5 Å². The Labute approximate surface area is 149 Å². The fraction of sp³-hybridized carbons (Fsp3) is 0.222. The lowest BCUT2D eigenvalue weighted by molar-refractivity contribution is -0.115. The highest BCUT2D eigenvalue weighted by Crippen LogP contribution is 2.34. The second-order valence-electron chi connectivity index (χ2n) is 5.76. The number of ether oxygens (including phenoxy) is 2. The minimum Gasteiger partial charge on any atom is -0.454 e. The maximum Gasteiger partial charge on any atom is 0.237 e. The first-order valence-electron chi connectivity index (χ1n) is 7.90. The molecule has 4 rings (SSSR count). The van der Waals surface area contributed by atoms with E-state index in [1.807, 2.05) is 42.8 Å². The monoisotopic (exact) mass is 355 g/mol. The molecule has 0 fully saturated rings. The summed E-state index contributed by atoms with van der Waals surface area (Å²) in [5.74, 6) is 1.25. The van der Waals surface area contributed by atoms with Crippen molar-refractivity contribution >= 4 is 34.4 Å². The molecular formula is C18H17N3O3S. The Morgan fingerprint density at radius 1 is 1.24 bits per heavy atom. The number of hydrogen-bond acceptors (Lipinski definition) is 5. The third-order valence-electron chi connectivity index (χ3n) is 4.04. The third kappa shape index (κ3) is 3.02. The summed E-state index contributed by atoms with van der Waals surface area (Å²) in [5, 5.41) is 3.44. The van der Waals surface area contributed by atoms with Crippen LogP contribution >= 0.6 is 11.8 Å². The van der Waals surface area contributed by atoms with E-state index in [1.165, 1.54) is 11.8 Å². The van der Waals surface area contributed by atoms with Gasteiger partial charge in [-0.05, 0) is 31.2 Å². The van der Waals surface area contributed by atoms with Crippen LogP contribution in [0.5, 0.6) is 11.5 Å². The lowest BCUT2D eigenvalue weighted by Crippen LogP contribution is -2.22. The van der Waals surface area contributed by atoms with Gasteiger partial charge in [0.05, 0.1) is 16.3 Å². The van der Waals surface area contributed by atoms with E-state index in [4.69, 9.17) is 9.47 Å². The molecule has 0 aliphatic carbocycles. The quantitative estimate of drug-likeness (QED) is 0.727. The topological polar surface area (TPSA) is 65.4 Å². The largest absolute Gasteiger partial charge is 0.454 e. The second-order valence-corrected chi connectivity index (χ2v) is 7.07. The van der Waals surface area contributed by atoms with Crippen LogP contribution in [-0.4, -0.2) is 27.5 Å². The van der Waals surface area contributed by atoms with E-state index >= 15 is 0 Å². The van der Waals surface area contributed by atoms with Crippen molar-refractivity contribution in [2.24, 2.45) is 7.05 Å². The molecule has 1 aromatic heterocycles. The molecule has 1 aliphatic rings. The van der Waals surface area contributed by atoms with Crippen molar-refractivity contribution in [3.63, 3.8) is 0 Å². The lowest BCUT2D eigenvalue weighted by Gasteiger charge is -2.12. The number of carbonyl (C=O) groups excluding carboxylic acids is 1. The van der Waals surface area contributed by atoms with Gasteiger partial charge >= 0.3 is 0 Å². The normalized spacial score (nSPS) is 13.8. The number of carbonyl (C=O) groups is 1. The fourth-order valence-electron chi connectivity index (χ4n) is 2.66. The Bertz CT molecular complexity index is 954. The molecule has 6 nitrogen and oxygen atoms in total. The number of nitrogens with zero attached hydrogens (tertiary/aromatic N) is 2. The number of thioether (sulfide) groups is 1. The van der Waals surface area contributed by atoms with Crippen LogP contribution in [-0.2, 0) is 11.8 Å². The molecule has 0 saturated heterocycles. The van der Waals surface area contributed by atoms with Gasteiger partial charge in [0, 0.05) is 18.8 Å². The summed E-state index contributed by atoms with van der Waals surface area (Å²) in [6, 6.07) is 13.3. The number of hydrogen-bond donors (Lipinski definition) is 1. The average molecular weight is 355 g/mol. The van der Waals surface area contributed by atoms with Crippen LogP contribution < -0.4 is 14.8 Å². The summed E-state index contributed by atoms with van der Waals surface area (Å²) in [7, 11) is 1.96. The number of aryl methyl sites for hydroxylation is 1. The summed E-state index contributed by atoms with van der Waals surface area (Å²) in [6.45, 7) is 2.08. The van der Waals surface area contributed by atoms with E-state index in [9.17, 15) is 4.79 Å². The first-order valence-corrected chi connectivity index (χ1v) is 8.78. The molecule has 2 heterocycles. The molecule has 1 aliphatic heterocycles. The van der Waals surface area contributed by atoms with Crippen LogP contribution in [0, 0.1) is 0 Å². The number of aromatic nitrogens is 2. The van der Waals surface area contributed by atoms with Gasteiger partial charge < -0.3 is 19.4 Å². The van der Waals surface area contributed by atoms with Crippen LogP contribution in [0.2, 0.25) is 0 Å². The molecule has 25 heavy (non-hydrogen) atoms. The number of imidazole rings is 1. The van der Waals surface area contributed by atoms with Crippen LogP contribution in [0.15, 0.2) is 47.6 Å². The standard InChI is InChI=1S/C18H17N3O3S/c1-11(25-18-20-13-5-3-4-6-14(13)21(18)2)17(22)19-12-7-8-15-16(9-12)24-10-23-15/h3-9,11H,10H2,1-2H3,(H,19,22). The molecule has 128 valence electrons. The number of nitrogens with one attached hydrogen (secondary N) is 1. The van der Waals surface area contributed by atoms with Crippen molar-refractivity contribution < 1.29 is 14.3 Å². The first-order chi connectivity index (χ1) is 12.1. The number of para-hydroxylation sites is 2. The molecule has 1 N–H and O–H groups in total. The zero-order valence-electron chi connectivity index (χ0n) is 13.9. The molecule has 3 aromatic rings. The lowest BCUT2D eigenvalue weighted by atomic mass is 10.2. The average Bonchev–Trinajstić information content (AvgIpc) is 3.20. The Hall–Kier alpha value is -2.67. The second kappa shape index (κ2) is 6.33.